The normalized spacial score (nSPS) is 17.4. The van der Waals surface area contributed by atoms with Crippen molar-refractivity contribution in [2.24, 2.45) is 0 Å². The molecule has 0 amide bonds. The van der Waals surface area contributed by atoms with Crippen LogP contribution in [0.15, 0.2) is 42.0 Å². The highest BCUT2D eigenvalue weighted by Gasteiger charge is 2.29. The van der Waals surface area contributed by atoms with Crippen LogP contribution in [0.1, 0.15) is 6.42 Å². The SMILES string of the molecule is COc1cc(-c2nc3sccn3c2-c2ccnc(NCCN3CCCN(C)[S+]3[O-])n2)ccc1Cl. The van der Waals surface area contributed by atoms with Gasteiger partial charge in [0.1, 0.15) is 23.0 Å². The van der Waals surface area contributed by atoms with E-state index in [1.165, 1.54) is 0 Å². The molecule has 178 valence electrons. The summed E-state index contributed by atoms with van der Waals surface area (Å²) in [6.07, 6.45) is 4.72. The van der Waals surface area contributed by atoms with Crippen LogP contribution in [-0.4, -0.2) is 72.9 Å². The predicted molar refractivity (Wildman–Crippen MR) is 137 cm³/mol. The van der Waals surface area contributed by atoms with Crippen LogP contribution < -0.4 is 10.1 Å². The number of anilines is 1. The van der Waals surface area contributed by atoms with Crippen molar-refractivity contribution in [3.63, 3.8) is 0 Å². The van der Waals surface area contributed by atoms with Gasteiger partial charge in [-0.25, -0.2) is 15.0 Å². The molecule has 3 aromatic heterocycles. The zero-order valence-electron chi connectivity index (χ0n) is 18.8. The Labute approximate surface area is 209 Å². The first-order valence-electron chi connectivity index (χ1n) is 10.8. The molecule has 0 bridgehead atoms. The quantitative estimate of drug-likeness (QED) is 0.370. The van der Waals surface area contributed by atoms with Gasteiger partial charge in [0.05, 0.1) is 30.1 Å². The summed E-state index contributed by atoms with van der Waals surface area (Å²) in [5.41, 5.74) is 3.29. The monoisotopic (exact) mass is 517 g/mol. The molecule has 1 fully saturated rings. The van der Waals surface area contributed by atoms with E-state index in [9.17, 15) is 4.55 Å². The number of rotatable bonds is 7. The number of halogens is 1. The summed E-state index contributed by atoms with van der Waals surface area (Å²) in [4.78, 5) is 14.9. The molecule has 4 heterocycles. The zero-order valence-corrected chi connectivity index (χ0v) is 21.2. The molecule has 1 N–H and O–H groups in total. The Morgan fingerprint density at radius 2 is 2.15 bits per heavy atom. The van der Waals surface area contributed by atoms with Crippen molar-refractivity contribution >= 4 is 45.4 Å². The average Bonchev–Trinajstić information content (AvgIpc) is 3.44. The largest absolute Gasteiger partial charge is 0.578 e. The van der Waals surface area contributed by atoms with E-state index in [1.807, 2.05) is 55.9 Å². The van der Waals surface area contributed by atoms with E-state index < -0.39 is 11.5 Å². The fourth-order valence-corrected chi connectivity index (χ4v) is 6.04. The highest BCUT2D eigenvalue weighted by atomic mass is 35.5. The number of benzene rings is 1. The third kappa shape index (κ3) is 4.59. The Bertz CT molecular complexity index is 1300. The van der Waals surface area contributed by atoms with Gasteiger partial charge in [-0.3, -0.25) is 4.40 Å². The first-order valence-corrected chi connectivity index (χ1v) is 13.1. The van der Waals surface area contributed by atoms with Gasteiger partial charge in [0, 0.05) is 50.0 Å². The standard InChI is InChI=1S/C22H24ClN7O2S2/c1-28-9-3-10-29(34(28)31)11-8-25-21-24-7-6-17(26-21)20-19(27-22-30(20)12-13-33-22)15-4-5-16(23)18(14-15)32-2/h4-7,12-14H,3,8-11H2,1-2H3,(H,24,25,26). The molecule has 0 aliphatic carbocycles. The van der Waals surface area contributed by atoms with Gasteiger partial charge >= 0.3 is 0 Å². The van der Waals surface area contributed by atoms with E-state index in [2.05, 4.69) is 10.3 Å². The molecule has 1 aliphatic heterocycles. The Balaban J connectivity index is 1.42. The Morgan fingerprint density at radius 3 is 3.00 bits per heavy atom. The molecular weight excluding hydrogens is 494 g/mol. The number of imidazole rings is 1. The molecule has 4 aromatic rings. The second-order valence-electron chi connectivity index (χ2n) is 7.77. The van der Waals surface area contributed by atoms with E-state index >= 15 is 0 Å². The minimum Gasteiger partial charge on any atom is -0.578 e. The van der Waals surface area contributed by atoms with Crippen LogP contribution in [0.4, 0.5) is 5.95 Å². The first-order chi connectivity index (χ1) is 16.5. The number of hydrogen-bond acceptors (Lipinski definition) is 9. The van der Waals surface area contributed by atoms with Crippen LogP contribution in [-0.2, 0) is 11.5 Å². The molecule has 12 heteroatoms. The van der Waals surface area contributed by atoms with Crippen molar-refractivity contribution in [3.05, 3.63) is 47.1 Å². The van der Waals surface area contributed by atoms with Gasteiger partial charge in [0.2, 0.25) is 5.95 Å². The lowest BCUT2D eigenvalue weighted by Gasteiger charge is -2.32. The number of fused-ring (bicyclic) bond motifs is 1. The van der Waals surface area contributed by atoms with Crippen molar-refractivity contribution in [2.75, 3.05) is 45.7 Å². The number of ether oxygens (including phenoxy) is 1. The average molecular weight is 518 g/mol. The van der Waals surface area contributed by atoms with Crippen LogP contribution in [0.3, 0.4) is 0 Å². The third-order valence-corrected chi connectivity index (χ3v) is 8.19. The summed E-state index contributed by atoms with van der Waals surface area (Å²) < 4.78 is 23.6. The Hall–Kier alpha value is -2.41. The molecule has 1 aromatic carbocycles. The molecule has 1 atom stereocenters. The molecule has 9 nitrogen and oxygen atoms in total. The minimum atomic E-state index is -1.09. The van der Waals surface area contributed by atoms with Gasteiger partial charge in [0.25, 0.3) is 0 Å². The maximum atomic E-state index is 12.4. The van der Waals surface area contributed by atoms with Crippen molar-refractivity contribution in [1.82, 2.24) is 28.0 Å². The predicted octanol–water partition coefficient (Wildman–Crippen LogP) is 3.81. The van der Waals surface area contributed by atoms with E-state index in [0.29, 0.717) is 29.8 Å². The number of nitrogens with zero attached hydrogens (tertiary/aromatic N) is 6. The van der Waals surface area contributed by atoms with Crippen molar-refractivity contribution in [1.29, 1.82) is 0 Å². The van der Waals surface area contributed by atoms with E-state index in [1.54, 1.807) is 24.6 Å². The maximum Gasteiger partial charge on any atom is 0.223 e. The zero-order chi connectivity index (χ0) is 23.7. The number of nitrogens with one attached hydrogen (secondary N) is 1. The molecule has 0 spiro atoms. The van der Waals surface area contributed by atoms with Crippen LogP contribution in [0.25, 0.3) is 27.6 Å². The molecule has 0 saturated carbocycles. The fraction of sp³-hybridized carbons (Fsp3) is 0.318. The van der Waals surface area contributed by atoms with Gasteiger partial charge in [0.15, 0.2) is 4.96 Å². The summed E-state index contributed by atoms with van der Waals surface area (Å²) >= 11 is 6.70. The van der Waals surface area contributed by atoms with E-state index in [0.717, 1.165) is 47.1 Å². The maximum absolute atomic E-state index is 12.4. The lowest BCUT2D eigenvalue weighted by atomic mass is 10.1. The molecule has 0 radical (unpaired) electrons. The van der Waals surface area contributed by atoms with Crippen molar-refractivity contribution < 1.29 is 9.29 Å². The van der Waals surface area contributed by atoms with Crippen LogP contribution >= 0.6 is 22.9 Å². The van der Waals surface area contributed by atoms with Gasteiger partial charge in [-0.1, -0.05) is 17.7 Å². The Morgan fingerprint density at radius 1 is 1.26 bits per heavy atom. The van der Waals surface area contributed by atoms with Crippen LogP contribution in [0.5, 0.6) is 5.75 Å². The molecular formula is C22H24ClN7O2S2. The summed E-state index contributed by atoms with van der Waals surface area (Å²) in [6, 6.07) is 7.49. The second-order valence-corrected chi connectivity index (χ2v) is 10.7. The number of thiazole rings is 1. The number of methoxy groups -OCH3 is 1. The van der Waals surface area contributed by atoms with E-state index in [-0.39, 0.29) is 0 Å². The summed E-state index contributed by atoms with van der Waals surface area (Å²) in [5, 5.41) is 5.81. The summed E-state index contributed by atoms with van der Waals surface area (Å²) in [5.74, 6) is 1.10. The summed E-state index contributed by atoms with van der Waals surface area (Å²) in [6.45, 7) is 2.90. The number of hydrogen-bond donors (Lipinski definition) is 1. The third-order valence-electron chi connectivity index (χ3n) is 5.60. The Kier molecular flexibility index (Phi) is 6.91. The van der Waals surface area contributed by atoms with Crippen molar-refractivity contribution in [2.45, 2.75) is 6.42 Å². The fourth-order valence-electron chi connectivity index (χ4n) is 3.92. The second kappa shape index (κ2) is 10.1. The van der Waals surface area contributed by atoms with Gasteiger partial charge in [-0.05, 0) is 24.6 Å². The van der Waals surface area contributed by atoms with Gasteiger partial charge in [-0.2, -0.15) is 0 Å². The molecule has 34 heavy (non-hydrogen) atoms. The lowest BCUT2D eigenvalue weighted by Crippen LogP contribution is -2.49. The molecule has 1 saturated heterocycles. The highest BCUT2D eigenvalue weighted by molar-refractivity contribution is 7.86. The summed E-state index contributed by atoms with van der Waals surface area (Å²) in [7, 11) is 3.48. The number of aromatic nitrogens is 4. The highest BCUT2D eigenvalue weighted by Crippen LogP contribution is 2.36. The van der Waals surface area contributed by atoms with Crippen LogP contribution in [0.2, 0.25) is 5.02 Å². The minimum absolute atomic E-state index is 0.512. The smallest absolute Gasteiger partial charge is 0.223 e. The molecule has 1 aliphatic rings. The molecule has 5 rings (SSSR count). The van der Waals surface area contributed by atoms with Gasteiger partial charge in [-0.15, -0.1) is 19.9 Å². The lowest BCUT2D eigenvalue weighted by molar-refractivity contribution is 0.313. The van der Waals surface area contributed by atoms with Gasteiger partial charge < -0.3 is 14.6 Å². The molecule has 1 unspecified atom stereocenters. The topological polar surface area (TPSA) is 93.9 Å². The van der Waals surface area contributed by atoms with Crippen molar-refractivity contribution in [3.8, 4) is 28.4 Å². The van der Waals surface area contributed by atoms with Crippen LogP contribution in [0, 0.1) is 0 Å². The first kappa shape index (κ1) is 23.3. The van der Waals surface area contributed by atoms with E-state index in [4.69, 9.17) is 26.3 Å².